The van der Waals surface area contributed by atoms with Crippen LogP contribution < -0.4 is 5.73 Å². The number of nitrogens with zero attached hydrogens (tertiary/aromatic N) is 1. The second-order valence-corrected chi connectivity index (χ2v) is 3.36. The number of rotatable bonds is 6. The van der Waals surface area contributed by atoms with E-state index >= 15 is 0 Å². The summed E-state index contributed by atoms with van der Waals surface area (Å²) in [5, 5.41) is 0. The molecule has 0 aliphatic heterocycles. The van der Waals surface area contributed by atoms with Gasteiger partial charge in [0.05, 0.1) is 0 Å². The highest BCUT2D eigenvalue weighted by Crippen LogP contribution is 2.26. The van der Waals surface area contributed by atoms with E-state index in [-0.39, 0.29) is 12.4 Å². The Kier molecular flexibility index (Phi) is 6.81. The van der Waals surface area contributed by atoms with Gasteiger partial charge in [0, 0.05) is 6.04 Å². The van der Waals surface area contributed by atoms with Gasteiger partial charge >= 0.3 is 0 Å². The summed E-state index contributed by atoms with van der Waals surface area (Å²) in [7, 11) is 0. The Morgan fingerprint density at radius 2 is 2.00 bits per heavy atom. The molecule has 1 rings (SSSR count). The number of halogens is 1. The first-order valence-electron chi connectivity index (χ1n) is 4.82. The largest absolute Gasteiger partial charge is 0.330 e. The van der Waals surface area contributed by atoms with Crippen molar-refractivity contribution in [2.75, 3.05) is 19.6 Å². The number of nitrogens with two attached hydrogens (primary N) is 1. The molecule has 0 heterocycles. The molecule has 2 nitrogen and oxygen atoms in total. The van der Waals surface area contributed by atoms with Gasteiger partial charge in [-0.25, -0.2) is 0 Å². The third-order valence-electron chi connectivity index (χ3n) is 2.37. The van der Waals surface area contributed by atoms with Crippen molar-refractivity contribution in [2.45, 2.75) is 38.6 Å². The third kappa shape index (κ3) is 4.29. The van der Waals surface area contributed by atoms with Crippen LogP contribution in [0.25, 0.3) is 0 Å². The minimum Gasteiger partial charge on any atom is -0.330 e. The second-order valence-electron chi connectivity index (χ2n) is 3.36. The van der Waals surface area contributed by atoms with E-state index < -0.39 is 0 Å². The molecule has 1 fully saturated rings. The normalized spacial score (nSPS) is 16.2. The molecule has 3 heteroatoms. The van der Waals surface area contributed by atoms with Crippen molar-refractivity contribution in [2.24, 2.45) is 5.73 Å². The zero-order valence-electron chi connectivity index (χ0n) is 7.96. The van der Waals surface area contributed by atoms with Crippen LogP contribution in [0, 0.1) is 0 Å². The first-order valence-corrected chi connectivity index (χ1v) is 4.82. The summed E-state index contributed by atoms with van der Waals surface area (Å²) in [4.78, 5) is 2.58. The second kappa shape index (κ2) is 6.70. The average Bonchev–Trinajstić information content (AvgIpc) is 2.81. The highest BCUT2D eigenvalue weighted by molar-refractivity contribution is 5.85. The van der Waals surface area contributed by atoms with Gasteiger partial charge < -0.3 is 10.6 Å². The van der Waals surface area contributed by atoms with Crippen molar-refractivity contribution in [3.05, 3.63) is 0 Å². The first-order chi connectivity index (χ1) is 5.38. The molecule has 1 aliphatic rings. The fourth-order valence-corrected chi connectivity index (χ4v) is 1.50. The van der Waals surface area contributed by atoms with E-state index in [4.69, 9.17) is 5.73 Å². The zero-order chi connectivity index (χ0) is 8.10. The van der Waals surface area contributed by atoms with Gasteiger partial charge in [-0.3, -0.25) is 0 Å². The summed E-state index contributed by atoms with van der Waals surface area (Å²) in [6, 6.07) is 0.928. The molecule has 1 saturated carbocycles. The molecule has 0 aromatic heterocycles. The van der Waals surface area contributed by atoms with Crippen molar-refractivity contribution >= 4 is 12.4 Å². The first kappa shape index (κ1) is 12.2. The predicted octanol–water partition coefficient (Wildman–Crippen LogP) is 1.63. The zero-order valence-corrected chi connectivity index (χ0v) is 8.78. The number of unbranched alkanes of at least 4 members (excludes halogenated alkanes) is 1. The van der Waals surface area contributed by atoms with Crippen LogP contribution >= 0.6 is 12.4 Å². The van der Waals surface area contributed by atoms with Gasteiger partial charge in [0.1, 0.15) is 0 Å². The predicted molar refractivity (Wildman–Crippen MR) is 55.8 cm³/mol. The van der Waals surface area contributed by atoms with Crippen molar-refractivity contribution in [3.63, 3.8) is 0 Å². The van der Waals surface area contributed by atoms with E-state index in [9.17, 15) is 0 Å². The SMILES string of the molecule is CCN(CCCCN)C1CC1.Cl. The summed E-state index contributed by atoms with van der Waals surface area (Å²) in [5.74, 6) is 0. The molecule has 0 amide bonds. The average molecular weight is 193 g/mol. The van der Waals surface area contributed by atoms with Crippen LogP contribution in [0.3, 0.4) is 0 Å². The summed E-state index contributed by atoms with van der Waals surface area (Å²) in [6.07, 6.45) is 5.32. The lowest BCUT2D eigenvalue weighted by molar-refractivity contribution is 0.272. The highest BCUT2D eigenvalue weighted by Gasteiger charge is 2.26. The Hall–Kier alpha value is 0.210. The molecule has 0 saturated heterocycles. The van der Waals surface area contributed by atoms with Gasteiger partial charge in [0.2, 0.25) is 0 Å². The van der Waals surface area contributed by atoms with Crippen LogP contribution in [-0.2, 0) is 0 Å². The maximum absolute atomic E-state index is 5.43. The molecule has 0 spiro atoms. The summed E-state index contributed by atoms with van der Waals surface area (Å²) in [6.45, 7) is 5.58. The standard InChI is InChI=1S/C9H20N2.ClH/c1-2-11(9-5-6-9)8-4-3-7-10;/h9H,2-8,10H2,1H3;1H. The fourth-order valence-electron chi connectivity index (χ4n) is 1.50. The van der Waals surface area contributed by atoms with Crippen molar-refractivity contribution in [3.8, 4) is 0 Å². The quantitative estimate of drug-likeness (QED) is 0.649. The van der Waals surface area contributed by atoms with Crippen LogP contribution in [-0.4, -0.2) is 30.6 Å². The molecule has 0 atom stereocenters. The van der Waals surface area contributed by atoms with E-state index in [0.717, 1.165) is 12.6 Å². The number of hydrogen-bond acceptors (Lipinski definition) is 2. The van der Waals surface area contributed by atoms with Crippen molar-refractivity contribution in [1.29, 1.82) is 0 Å². The van der Waals surface area contributed by atoms with Gasteiger partial charge in [-0.15, -0.1) is 12.4 Å². The Labute approximate surface area is 81.9 Å². The van der Waals surface area contributed by atoms with Crippen LogP contribution in [0.15, 0.2) is 0 Å². The maximum Gasteiger partial charge on any atom is 0.00963 e. The molecule has 0 aromatic carbocycles. The van der Waals surface area contributed by atoms with E-state index in [2.05, 4.69) is 11.8 Å². The molecule has 2 N–H and O–H groups in total. The van der Waals surface area contributed by atoms with E-state index in [1.165, 1.54) is 38.8 Å². The van der Waals surface area contributed by atoms with Crippen LogP contribution in [0.5, 0.6) is 0 Å². The summed E-state index contributed by atoms with van der Waals surface area (Å²) < 4.78 is 0. The van der Waals surface area contributed by atoms with E-state index in [0.29, 0.717) is 0 Å². The molecule has 0 aromatic rings. The minimum absolute atomic E-state index is 0. The van der Waals surface area contributed by atoms with Crippen molar-refractivity contribution in [1.82, 2.24) is 4.90 Å². The van der Waals surface area contributed by atoms with Gasteiger partial charge in [0.25, 0.3) is 0 Å². The number of hydrogen-bond donors (Lipinski definition) is 1. The van der Waals surface area contributed by atoms with Gasteiger partial charge in [-0.2, -0.15) is 0 Å². The Bertz CT molecular complexity index is 105. The monoisotopic (exact) mass is 192 g/mol. The van der Waals surface area contributed by atoms with Gasteiger partial charge in [-0.1, -0.05) is 6.92 Å². The summed E-state index contributed by atoms with van der Waals surface area (Å²) >= 11 is 0. The lowest BCUT2D eigenvalue weighted by Crippen LogP contribution is -2.27. The van der Waals surface area contributed by atoms with Crippen LogP contribution in [0.4, 0.5) is 0 Å². The molecule has 1 aliphatic carbocycles. The lowest BCUT2D eigenvalue weighted by atomic mass is 10.3. The molecule has 12 heavy (non-hydrogen) atoms. The lowest BCUT2D eigenvalue weighted by Gasteiger charge is -2.18. The van der Waals surface area contributed by atoms with Crippen LogP contribution in [0.1, 0.15) is 32.6 Å². The summed E-state index contributed by atoms with van der Waals surface area (Å²) in [5.41, 5.74) is 5.43. The van der Waals surface area contributed by atoms with Gasteiger partial charge in [-0.05, 0) is 45.3 Å². The topological polar surface area (TPSA) is 29.3 Å². The molecule has 0 unspecified atom stereocenters. The molecule has 74 valence electrons. The molecular formula is C9H21ClN2. The molecular weight excluding hydrogens is 172 g/mol. The third-order valence-corrected chi connectivity index (χ3v) is 2.37. The Morgan fingerprint density at radius 1 is 1.33 bits per heavy atom. The van der Waals surface area contributed by atoms with E-state index in [1.807, 2.05) is 0 Å². The Morgan fingerprint density at radius 3 is 2.42 bits per heavy atom. The minimum atomic E-state index is 0. The van der Waals surface area contributed by atoms with Crippen LogP contribution in [0.2, 0.25) is 0 Å². The smallest absolute Gasteiger partial charge is 0.00963 e. The molecule has 0 bridgehead atoms. The van der Waals surface area contributed by atoms with E-state index in [1.54, 1.807) is 0 Å². The Balaban J connectivity index is 0.00000121. The fraction of sp³-hybridized carbons (Fsp3) is 1.00. The van der Waals surface area contributed by atoms with Crippen molar-refractivity contribution < 1.29 is 0 Å². The van der Waals surface area contributed by atoms with Gasteiger partial charge in [0.15, 0.2) is 0 Å². The highest BCUT2D eigenvalue weighted by atomic mass is 35.5. The molecule has 0 radical (unpaired) electrons. The maximum atomic E-state index is 5.43.